The lowest BCUT2D eigenvalue weighted by Crippen LogP contribution is -2.37. The van der Waals surface area contributed by atoms with Crippen LogP contribution < -0.4 is 4.90 Å². The minimum atomic E-state index is -0.574. The first-order chi connectivity index (χ1) is 9.33. The highest BCUT2D eigenvalue weighted by atomic mass is 16.6. The Morgan fingerprint density at radius 1 is 1.25 bits per heavy atom. The van der Waals surface area contributed by atoms with Crippen LogP contribution in [-0.4, -0.2) is 31.3 Å². The van der Waals surface area contributed by atoms with E-state index >= 15 is 0 Å². The number of nitrogens with zero attached hydrogens (tertiary/aromatic N) is 1. The van der Waals surface area contributed by atoms with Gasteiger partial charge in [0, 0.05) is 6.54 Å². The lowest BCUT2D eigenvalue weighted by atomic mass is 10.0. The van der Waals surface area contributed by atoms with Crippen LogP contribution >= 0.6 is 0 Å². The van der Waals surface area contributed by atoms with E-state index in [0.29, 0.717) is 5.69 Å². The Morgan fingerprint density at radius 2 is 1.90 bits per heavy atom. The minimum absolute atomic E-state index is 0.251. The average molecular weight is 277 g/mol. The second-order valence-electron chi connectivity index (χ2n) is 5.73. The van der Waals surface area contributed by atoms with Gasteiger partial charge in [0.2, 0.25) is 0 Å². The van der Waals surface area contributed by atoms with E-state index in [1.165, 1.54) is 12.0 Å². The molecule has 1 heterocycles. The number of fused-ring (bicyclic) bond motifs is 1. The molecule has 5 nitrogen and oxygen atoms in total. The van der Waals surface area contributed by atoms with Gasteiger partial charge < -0.3 is 9.47 Å². The van der Waals surface area contributed by atoms with Crippen molar-refractivity contribution in [3.05, 3.63) is 29.8 Å². The van der Waals surface area contributed by atoms with Crippen LogP contribution in [0.25, 0.3) is 0 Å². The zero-order valence-corrected chi connectivity index (χ0v) is 12.2. The zero-order valence-electron chi connectivity index (χ0n) is 12.2. The predicted molar refractivity (Wildman–Crippen MR) is 74.8 cm³/mol. The molecule has 20 heavy (non-hydrogen) atoms. The molecular formula is C15H19NO4. The Morgan fingerprint density at radius 3 is 2.50 bits per heavy atom. The van der Waals surface area contributed by atoms with E-state index < -0.39 is 17.6 Å². The van der Waals surface area contributed by atoms with Gasteiger partial charge in [0.05, 0.1) is 12.8 Å². The predicted octanol–water partition coefficient (Wildman–Crippen LogP) is 2.70. The van der Waals surface area contributed by atoms with Crippen LogP contribution in [0, 0.1) is 0 Å². The van der Waals surface area contributed by atoms with E-state index in [0.717, 1.165) is 5.56 Å². The standard InChI is InChI=1S/C15H19NO4/c1-15(2,3)20-14(18)16-9-11(13(17)19-4)10-7-5-6-8-12(10)16/h5-8,11H,9H2,1-4H3. The van der Waals surface area contributed by atoms with Crippen LogP contribution in [0.3, 0.4) is 0 Å². The van der Waals surface area contributed by atoms with E-state index in [1.54, 1.807) is 0 Å². The molecule has 108 valence electrons. The lowest BCUT2D eigenvalue weighted by molar-refractivity contribution is -0.142. The van der Waals surface area contributed by atoms with E-state index in [1.807, 2.05) is 45.0 Å². The number of esters is 1. The first-order valence-electron chi connectivity index (χ1n) is 6.51. The fraction of sp³-hybridized carbons (Fsp3) is 0.467. The van der Waals surface area contributed by atoms with Gasteiger partial charge in [-0.05, 0) is 32.4 Å². The summed E-state index contributed by atoms with van der Waals surface area (Å²) >= 11 is 0. The molecule has 2 rings (SSSR count). The molecule has 1 aliphatic heterocycles. The van der Waals surface area contributed by atoms with Crippen LogP contribution in [0.5, 0.6) is 0 Å². The minimum Gasteiger partial charge on any atom is -0.468 e. The summed E-state index contributed by atoms with van der Waals surface area (Å²) in [5.74, 6) is -0.799. The topological polar surface area (TPSA) is 55.8 Å². The second kappa shape index (κ2) is 5.15. The smallest absolute Gasteiger partial charge is 0.414 e. The third-order valence-electron chi connectivity index (χ3n) is 3.07. The molecule has 1 aliphatic rings. The fourth-order valence-electron chi connectivity index (χ4n) is 2.24. The molecule has 5 heteroatoms. The van der Waals surface area contributed by atoms with E-state index in [2.05, 4.69) is 0 Å². The van der Waals surface area contributed by atoms with Gasteiger partial charge in [-0.1, -0.05) is 18.2 Å². The van der Waals surface area contributed by atoms with Crippen molar-refractivity contribution in [1.29, 1.82) is 0 Å². The summed E-state index contributed by atoms with van der Waals surface area (Å²) in [6.07, 6.45) is -0.448. The van der Waals surface area contributed by atoms with E-state index in [9.17, 15) is 9.59 Å². The number of hydrogen-bond acceptors (Lipinski definition) is 4. The molecule has 1 atom stereocenters. The zero-order chi connectivity index (χ0) is 14.9. The summed E-state index contributed by atoms with van der Waals surface area (Å²) < 4.78 is 10.2. The summed E-state index contributed by atoms with van der Waals surface area (Å²) in [7, 11) is 1.35. The van der Waals surface area contributed by atoms with Gasteiger partial charge in [-0.15, -0.1) is 0 Å². The van der Waals surface area contributed by atoms with Crippen molar-refractivity contribution < 1.29 is 19.1 Å². The third kappa shape index (κ3) is 2.76. The summed E-state index contributed by atoms with van der Waals surface area (Å²) in [5, 5.41) is 0. The molecule has 0 bridgehead atoms. The maximum atomic E-state index is 12.2. The fourth-order valence-corrected chi connectivity index (χ4v) is 2.24. The highest BCUT2D eigenvalue weighted by molar-refractivity contribution is 5.95. The number of carbonyl (C=O) groups is 2. The molecule has 0 N–H and O–H groups in total. The molecule has 1 aromatic rings. The van der Waals surface area contributed by atoms with Crippen molar-refractivity contribution in [3.63, 3.8) is 0 Å². The van der Waals surface area contributed by atoms with Gasteiger partial charge >= 0.3 is 12.1 Å². The molecule has 0 spiro atoms. The monoisotopic (exact) mass is 277 g/mol. The highest BCUT2D eigenvalue weighted by Crippen LogP contribution is 2.37. The molecule has 0 aromatic heterocycles. The average Bonchev–Trinajstić information content (AvgIpc) is 2.75. The maximum absolute atomic E-state index is 12.2. The Hall–Kier alpha value is -2.04. The third-order valence-corrected chi connectivity index (χ3v) is 3.07. The molecule has 0 radical (unpaired) electrons. The molecule has 0 aliphatic carbocycles. The van der Waals surface area contributed by atoms with Crippen molar-refractivity contribution >= 4 is 17.7 Å². The summed E-state index contributed by atoms with van der Waals surface area (Å²) in [6.45, 7) is 5.68. The Labute approximate surface area is 118 Å². The first kappa shape index (κ1) is 14.4. The number of amides is 1. The van der Waals surface area contributed by atoms with Crippen LogP contribution in [-0.2, 0) is 14.3 Å². The maximum Gasteiger partial charge on any atom is 0.414 e. The number of para-hydroxylation sites is 1. The molecule has 0 saturated heterocycles. The van der Waals surface area contributed by atoms with Crippen LogP contribution in [0.2, 0.25) is 0 Å². The molecule has 1 unspecified atom stereocenters. The Balaban J connectivity index is 2.30. The normalized spacial score (nSPS) is 17.6. The highest BCUT2D eigenvalue weighted by Gasteiger charge is 2.38. The van der Waals surface area contributed by atoms with Crippen LogP contribution in [0.4, 0.5) is 10.5 Å². The Bertz CT molecular complexity index is 533. The van der Waals surface area contributed by atoms with Gasteiger partial charge in [0.1, 0.15) is 11.5 Å². The summed E-state index contributed by atoms with van der Waals surface area (Å²) in [5.41, 5.74) is 0.928. The number of ether oxygens (including phenoxy) is 2. The SMILES string of the molecule is COC(=O)C1CN(C(=O)OC(C)(C)C)c2ccccc21. The number of hydrogen-bond donors (Lipinski definition) is 0. The quantitative estimate of drug-likeness (QED) is 0.741. The molecule has 0 fully saturated rings. The summed E-state index contributed by atoms with van der Waals surface area (Å²) in [4.78, 5) is 25.5. The largest absolute Gasteiger partial charge is 0.468 e. The van der Waals surface area contributed by atoms with Crippen molar-refractivity contribution in [3.8, 4) is 0 Å². The Kier molecular flexibility index (Phi) is 3.70. The van der Waals surface area contributed by atoms with Crippen molar-refractivity contribution in [1.82, 2.24) is 0 Å². The number of methoxy groups -OCH3 is 1. The first-order valence-corrected chi connectivity index (χ1v) is 6.51. The molecular weight excluding hydrogens is 258 g/mol. The van der Waals surface area contributed by atoms with Gasteiger partial charge in [0.15, 0.2) is 0 Å². The molecule has 0 saturated carbocycles. The number of anilines is 1. The van der Waals surface area contributed by atoms with Gasteiger partial charge in [0.25, 0.3) is 0 Å². The van der Waals surface area contributed by atoms with Crippen LogP contribution in [0.15, 0.2) is 24.3 Å². The lowest BCUT2D eigenvalue weighted by Gasteiger charge is -2.24. The van der Waals surface area contributed by atoms with Crippen molar-refractivity contribution in [2.75, 3.05) is 18.6 Å². The van der Waals surface area contributed by atoms with E-state index in [4.69, 9.17) is 9.47 Å². The van der Waals surface area contributed by atoms with Crippen molar-refractivity contribution in [2.45, 2.75) is 32.3 Å². The summed E-state index contributed by atoms with van der Waals surface area (Å²) in [6, 6.07) is 7.31. The second-order valence-corrected chi connectivity index (χ2v) is 5.73. The molecule has 1 aromatic carbocycles. The van der Waals surface area contributed by atoms with E-state index in [-0.39, 0.29) is 12.5 Å². The van der Waals surface area contributed by atoms with Gasteiger partial charge in [-0.2, -0.15) is 0 Å². The van der Waals surface area contributed by atoms with Crippen molar-refractivity contribution in [2.24, 2.45) is 0 Å². The molecule has 1 amide bonds. The van der Waals surface area contributed by atoms with Gasteiger partial charge in [-0.3, -0.25) is 9.69 Å². The number of carbonyl (C=O) groups excluding carboxylic acids is 2. The van der Waals surface area contributed by atoms with Crippen LogP contribution in [0.1, 0.15) is 32.3 Å². The van der Waals surface area contributed by atoms with Gasteiger partial charge in [-0.25, -0.2) is 4.79 Å². The number of rotatable bonds is 1. The number of benzene rings is 1.